The molecule has 0 heterocycles. The van der Waals surface area contributed by atoms with Gasteiger partial charge in [-0.3, -0.25) is 14.4 Å². The second kappa shape index (κ2) is 14.8. The molecule has 0 spiro atoms. The van der Waals surface area contributed by atoms with Gasteiger partial charge in [0, 0.05) is 18.6 Å². The summed E-state index contributed by atoms with van der Waals surface area (Å²) in [5.74, 6) is -1.35. The summed E-state index contributed by atoms with van der Waals surface area (Å²) < 4.78 is 5.34. The molecule has 0 saturated heterocycles. The number of Topliss-reactive ketones (excluding diaryl/α,β-unsaturated/α-hetero) is 1. The predicted octanol–water partition coefficient (Wildman–Crippen LogP) is 3.85. The average Bonchev–Trinajstić information content (AvgIpc) is 2.87. The van der Waals surface area contributed by atoms with Crippen LogP contribution in [-0.2, 0) is 32.0 Å². The summed E-state index contributed by atoms with van der Waals surface area (Å²) in [7, 11) is 0. The van der Waals surface area contributed by atoms with E-state index in [9.17, 15) is 19.2 Å². The fourth-order valence-electron chi connectivity index (χ4n) is 3.91. The molecule has 2 aromatic rings. The lowest BCUT2D eigenvalue weighted by molar-refractivity contribution is -0.129. The normalized spacial score (nSPS) is 12.6. The molecule has 39 heavy (non-hydrogen) atoms. The molecule has 0 aromatic heterocycles. The molecule has 9 nitrogen and oxygen atoms in total. The van der Waals surface area contributed by atoms with Crippen LogP contribution in [0.2, 0.25) is 0 Å². The molecule has 0 aliphatic rings. The van der Waals surface area contributed by atoms with Crippen molar-refractivity contribution in [3.63, 3.8) is 0 Å². The molecular formula is C30H40N4O5. The maximum Gasteiger partial charge on any atom is 0.408 e. The number of hydrogen-bond acceptors (Lipinski definition) is 6. The summed E-state index contributed by atoms with van der Waals surface area (Å²) in [5, 5.41) is 13.1. The summed E-state index contributed by atoms with van der Waals surface area (Å²) >= 11 is 0. The Morgan fingerprint density at radius 2 is 1.46 bits per heavy atom. The van der Waals surface area contributed by atoms with Gasteiger partial charge in [0.15, 0.2) is 5.78 Å². The van der Waals surface area contributed by atoms with Gasteiger partial charge in [-0.1, -0.05) is 54.6 Å². The number of aryl methyl sites for hydroxylation is 2. The van der Waals surface area contributed by atoms with Gasteiger partial charge < -0.3 is 26.5 Å². The van der Waals surface area contributed by atoms with Crippen LogP contribution in [0.4, 0.5) is 4.79 Å². The molecule has 0 radical (unpaired) electrons. The molecule has 0 aliphatic carbocycles. The molecule has 0 bridgehead atoms. The largest absolute Gasteiger partial charge is 0.444 e. The van der Waals surface area contributed by atoms with Crippen molar-refractivity contribution in [2.24, 2.45) is 5.73 Å². The van der Waals surface area contributed by atoms with Gasteiger partial charge in [-0.15, -0.1) is 0 Å². The maximum atomic E-state index is 13.3. The maximum absolute atomic E-state index is 13.3. The van der Waals surface area contributed by atoms with E-state index in [1.54, 1.807) is 27.7 Å². The molecule has 0 aliphatic heterocycles. The quantitative estimate of drug-likeness (QED) is 0.270. The van der Waals surface area contributed by atoms with Crippen LogP contribution in [0, 0.1) is 5.41 Å². The average molecular weight is 537 g/mol. The zero-order valence-corrected chi connectivity index (χ0v) is 23.2. The fourth-order valence-corrected chi connectivity index (χ4v) is 3.91. The number of hydrogen-bond donors (Lipinski definition) is 4. The van der Waals surface area contributed by atoms with E-state index in [0.717, 1.165) is 16.7 Å². The number of ether oxygens (including phenoxy) is 1. The van der Waals surface area contributed by atoms with Crippen molar-refractivity contribution in [3.8, 4) is 0 Å². The molecule has 2 atom stereocenters. The predicted molar refractivity (Wildman–Crippen MR) is 151 cm³/mol. The van der Waals surface area contributed by atoms with E-state index in [-0.39, 0.29) is 31.5 Å². The van der Waals surface area contributed by atoms with Crippen molar-refractivity contribution < 1.29 is 23.9 Å². The highest BCUT2D eigenvalue weighted by molar-refractivity contribution is 5.96. The Morgan fingerprint density at radius 3 is 2.03 bits per heavy atom. The van der Waals surface area contributed by atoms with E-state index in [4.69, 9.17) is 15.9 Å². The van der Waals surface area contributed by atoms with Gasteiger partial charge in [0.1, 0.15) is 11.6 Å². The smallest absolute Gasteiger partial charge is 0.408 e. The third kappa shape index (κ3) is 11.9. The van der Waals surface area contributed by atoms with Crippen LogP contribution in [0.25, 0.3) is 0 Å². The van der Waals surface area contributed by atoms with Gasteiger partial charge in [0.2, 0.25) is 11.8 Å². The van der Waals surface area contributed by atoms with Crippen LogP contribution < -0.4 is 16.4 Å². The van der Waals surface area contributed by atoms with Gasteiger partial charge in [-0.2, -0.15) is 0 Å². The summed E-state index contributed by atoms with van der Waals surface area (Å²) in [6.07, 6.45) is 0.624. The second-order valence-corrected chi connectivity index (χ2v) is 10.6. The first kappa shape index (κ1) is 31.2. The zero-order valence-electron chi connectivity index (χ0n) is 23.2. The van der Waals surface area contributed by atoms with E-state index in [2.05, 4.69) is 10.6 Å². The highest BCUT2D eigenvalue weighted by Crippen LogP contribution is 2.13. The molecule has 0 fully saturated rings. The minimum atomic E-state index is -0.958. The SMILES string of the molecule is CC(=N)c1ccc(CCC(=O)[C@H](CCC(N)=O)NC(=O)[C@@H](CCc2ccccc2)NC(=O)OC(C)(C)C)cc1. The van der Waals surface area contributed by atoms with Gasteiger partial charge >= 0.3 is 6.09 Å². The summed E-state index contributed by atoms with van der Waals surface area (Å²) in [4.78, 5) is 50.4. The van der Waals surface area contributed by atoms with Crippen molar-refractivity contribution in [1.29, 1.82) is 5.41 Å². The number of nitrogens with one attached hydrogen (secondary N) is 3. The molecular weight excluding hydrogens is 496 g/mol. The van der Waals surface area contributed by atoms with E-state index in [1.165, 1.54) is 0 Å². The van der Waals surface area contributed by atoms with Gasteiger partial charge in [-0.05, 0) is 70.1 Å². The topological polar surface area (TPSA) is 151 Å². The lowest BCUT2D eigenvalue weighted by atomic mass is 9.98. The van der Waals surface area contributed by atoms with E-state index >= 15 is 0 Å². The van der Waals surface area contributed by atoms with Crippen LogP contribution in [0.5, 0.6) is 0 Å². The van der Waals surface area contributed by atoms with E-state index in [1.807, 2.05) is 54.6 Å². The standard InChI is InChI=1S/C30H40N4O5/c1-20(31)23-14-10-22(11-15-23)13-18-26(35)24(17-19-27(32)36)33-28(37)25(34-29(38)39-30(2,3)4)16-12-21-8-6-5-7-9-21/h5-11,14-15,24-25,31H,12-13,16-19H2,1-4H3,(H2,32,36)(H,33,37)(H,34,38)/t24-,25+/m0/s1. The Hall–Kier alpha value is -4.01. The third-order valence-electron chi connectivity index (χ3n) is 6.00. The van der Waals surface area contributed by atoms with Gasteiger partial charge in [0.05, 0.1) is 6.04 Å². The van der Waals surface area contributed by atoms with Crippen LogP contribution in [-0.4, -0.2) is 47.1 Å². The number of rotatable bonds is 14. The number of primary amides is 1. The zero-order chi connectivity index (χ0) is 29.0. The number of ketones is 1. The summed E-state index contributed by atoms with van der Waals surface area (Å²) in [6, 6.07) is 15.0. The lowest BCUT2D eigenvalue weighted by Gasteiger charge is -2.25. The Bertz CT molecular complexity index is 1140. The number of amides is 3. The highest BCUT2D eigenvalue weighted by Gasteiger charge is 2.28. The second-order valence-electron chi connectivity index (χ2n) is 10.6. The first-order valence-corrected chi connectivity index (χ1v) is 13.1. The molecule has 210 valence electrons. The molecule has 2 aromatic carbocycles. The van der Waals surface area contributed by atoms with Crippen LogP contribution in [0.1, 0.15) is 70.1 Å². The van der Waals surface area contributed by atoms with Crippen molar-refractivity contribution in [3.05, 3.63) is 71.3 Å². The Balaban J connectivity index is 2.12. The fraction of sp³-hybridized carbons (Fsp3) is 0.433. The molecule has 3 amide bonds. The number of carbonyl (C=O) groups is 4. The summed E-state index contributed by atoms with van der Waals surface area (Å²) in [6.45, 7) is 6.88. The van der Waals surface area contributed by atoms with Crippen LogP contribution >= 0.6 is 0 Å². The van der Waals surface area contributed by atoms with Crippen molar-refractivity contribution in [1.82, 2.24) is 10.6 Å². The Kier molecular flexibility index (Phi) is 11.8. The van der Waals surface area contributed by atoms with Crippen molar-refractivity contribution >= 4 is 29.4 Å². The minimum Gasteiger partial charge on any atom is -0.444 e. The lowest BCUT2D eigenvalue weighted by Crippen LogP contribution is -2.52. The van der Waals surface area contributed by atoms with Crippen LogP contribution in [0.15, 0.2) is 54.6 Å². The number of nitrogens with two attached hydrogens (primary N) is 1. The molecule has 9 heteroatoms. The minimum absolute atomic E-state index is 0.0592. The van der Waals surface area contributed by atoms with Gasteiger partial charge in [-0.25, -0.2) is 4.79 Å². The third-order valence-corrected chi connectivity index (χ3v) is 6.00. The molecule has 2 rings (SSSR count). The Morgan fingerprint density at radius 1 is 0.846 bits per heavy atom. The van der Waals surface area contributed by atoms with Crippen LogP contribution in [0.3, 0.4) is 0 Å². The highest BCUT2D eigenvalue weighted by atomic mass is 16.6. The number of carbonyl (C=O) groups excluding carboxylic acids is 4. The van der Waals surface area contributed by atoms with Gasteiger partial charge in [0.25, 0.3) is 0 Å². The first-order valence-electron chi connectivity index (χ1n) is 13.1. The molecule has 0 unspecified atom stereocenters. The Labute approximate surface area is 230 Å². The van der Waals surface area contributed by atoms with Crippen molar-refractivity contribution in [2.45, 2.75) is 83.9 Å². The number of alkyl carbamates (subject to hydrolysis) is 1. The van der Waals surface area contributed by atoms with Crippen molar-refractivity contribution in [2.75, 3.05) is 0 Å². The molecule has 5 N–H and O–H groups in total. The van der Waals surface area contributed by atoms with E-state index < -0.39 is 35.6 Å². The first-order chi connectivity index (χ1) is 18.3. The summed E-state index contributed by atoms with van der Waals surface area (Å²) in [5.41, 5.74) is 7.73. The van der Waals surface area contributed by atoms with E-state index in [0.29, 0.717) is 18.6 Å². The number of benzene rings is 2. The molecule has 0 saturated carbocycles. The monoisotopic (exact) mass is 536 g/mol.